The predicted molar refractivity (Wildman–Crippen MR) is 74.1 cm³/mol. The highest BCUT2D eigenvalue weighted by atomic mass is 16.5. The molecule has 2 fully saturated rings. The Morgan fingerprint density at radius 3 is 2.63 bits per heavy atom. The maximum Gasteiger partial charge on any atom is 0.308 e. The average molecular weight is 269 g/mol. The van der Waals surface area contributed by atoms with Gasteiger partial charge in [-0.15, -0.1) is 0 Å². The summed E-state index contributed by atoms with van der Waals surface area (Å²) < 4.78 is 5.37. The van der Waals surface area contributed by atoms with Crippen LogP contribution in [0.1, 0.15) is 39.0 Å². The lowest BCUT2D eigenvalue weighted by atomic mass is 9.94. The molecule has 0 amide bonds. The average Bonchev–Trinajstić information content (AvgIpc) is 2.77. The van der Waals surface area contributed by atoms with E-state index in [2.05, 4.69) is 11.8 Å². The number of carbonyl (C=O) groups is 1. The molecule has 0 bridgehead atoms. The largest absolute Gasteiger partial charge is 0.481 e. The Morgan fingerprint density at radius 2 is 2.00 bits per heavy atom. The van der Waals surface area contributed by atoms with Crippen molar-refractivity contribution in [2.45, 2.75) is 39.0 Å². The predicted octanol–water partition coefficient (Wildman–Crippen LogP) is 2.24. The lowest BCUT2D eigenvalue weighted by Crippen LogP contribution is -2.24. The van der Waals surface area contributed by atoms with Gasteiger partial charge in [0.05, 0.1) is 5.92 Å². The molecule has 2 unspecified atom stereocenters. The van der Waals surface area contributed by atoms with E-state index in [0.29, 0.717) is 5.92 Å². The number of aliphatic carboxylic acids is 1. The second-order valence-corrected chi connectivity index (χ2v) is 6.23. The minimum absolute atomic E-state index is 0.157. The summed E-state index contributed by atoms with van der Waals surface area (Å²) >= 11 is 0. The van der Waals surface area contributed by atoms with E-state index in [4.69, 9.17) is 9.84 Å². The second kappa shape index (κ2) is 7.25. The van der Waals surface area contributed by atoms with E-state index in [-0.39, 0.29) is 5.92 Å². The molecule has 0 aromatic carbocycles. The number of hydrogen-bond acceptors (Lipinski definition) is 3. The van der Waals surface area contributed by atoms with Crippen molar-refractivity contribution in [3.05, 3.63) is 0 Å². The number of nitrogens with zero attached hydrogens (tertiary/aromatic N) is 1. The van der Waals surface area contributed by atoms with Gasteiger partial charge in [-0.1, -0.05) is 19.8 Å². The second-order valence-electron chi connectivity index (χ2n) is 6.23. The maximum atomic E-state index is 11.1. The third-order valence-corrected chi connectivity index (χ3v) is 4.68. The van der Waals surface area contributed by atoms with Crippen molar-refractivity contribution in [1.82, 2.24) is 4.90 Å². The molecule has 2 aliphatic rings. The van der Waals surface area contributed by atoms with Crippen LogP contribution < -0.4 is 0 Å². The Balaban J connectivity index is 1.57. The third kappa shape index (κ3) is 4.46. The summed E-state index contributed by atoms with van der Waals surface area (Å²) in [6.45, 7) is 6.70. The zero-order valence-electron chi connectivity index (χ0n) is 12.0. The fraction of sp³-hybridized carbons (Fsp3) is 0.933. The number of likely N-dealkylation sites (tertiary alicyclic amines) is 1. The van der Waals surface area contributed by atoms with Gasteiger partial charge in [0.25, 0.3) is 0 Å². The minimum Gasteiger partial charge on any atom is -0.481 e. The number of carboxylic acids is 1. The Kier molecular flexibility index (Phi) is 5.64. The third-order valence-electron chi connectivity index (χ3n) is 4.68. The summed E-state index contributed by atoms with van der Waals surface area (Å²) in [6, 6.07) is 0. The highest BCUT2D eigenvalue weighted by Crippen LogP contribution is 2.24. The van der Waals surface area contributed by atoms with Crippen LogP contribution in [0.4, 0.5) is 0 Å². The van der Waals surface area contributed by atoms with Crippen LogP contribution in [-0.2, 0) is 9.53 Å². The Hall–Kier alpha value is -0.610. The van der Waals surface area contributed by atoms with Crippen LogP contribution in [0, 0.1) is 17.8 Å². The Labute approximate surface area is 116 Å². The first-order chi connectivity index (χ1) is 9.16. The number of unbranched alkanes of at least 4 members (excludes halogenated alkanes) is 1. The summed E-state index contributed by atoms with van der Waals surface area (Å²) in [5.41, 5.74) is 0. The van der Waals surface area contributed by atoms with Crippen LogP contribution in [0.3, 0.4) is 0 Å². The summed E-state index contributed by atoms with van der Waals surface area (Å²) in [4.78, 5) is 13.4. The van der Waals surface area contributed by atoms with Gasteiger partial charge in [0.1, 0.15) is 0 Å². The van der Waals surface area contributed by atoms with E-state index in [0.717, 1.165) is 38.8 Å². The van der Waals surface area contributed by atoms with Crippen LogP contribution in [0.15, 0.2) is 0 Å². The van der Waals surface area contributed by atoms with Gasteiger partial charge in [-0.25, -0.2) is 0 Å². The SMILES string of the molecule is CC1CN(CCCCC2CCOCC2)CC1C(=O)O. The van der Waals surface area contributed by atoms with Gasteiger partial charge in [0.2, 0.25) is 0 Å². The highest BCUT2D eigenvalue weighted by molar-refractivity contribution is 5.71. The molecule has 2 atom stereocenters. The summed E-state index contributed by atoms with van der Waals surface area (Å²) in [5, 5.41) is 9.10. The van der Waals surface area contributed by atoms with Gasteiger partial charge < -0.3 is 14.7 Å². The van der Waals surface area contributed by atoms with Crippen molar-refractivity contribution in [3.8, 4) is 0 Å². The van der Waals surface area contributed by atoms with Crippen molar-refractivity contribution in [3.63, 3.8) is 0 Å². The fourth-order valence-electron chi connectivity index (χ4n) is 3.37. The molecule has 19 heavy (non-hydrogen) atoms. The van der Waals surface area contributed by atoms with Crippen molar-refractivity contribution in [1.29, 1.82) is 0 Å². The van der Waals surface area contributed by atoms with Crippen LogP contribution in [0.25, 0.3) is 0 Å². The van der Waals surface area contributed by atoms with Crippen molar-refractivity contribution < 1.29 is 14.6 Å². The summed E-state index contributed by atoms with van der Waals surface area (Å²) in [7, 11) is 0. The molecule has 0 saturated carbocycles. The zero-order chi connectivity index (χ0) is 13.7. The molecule has 0 aromatic rings. The lowest BCUT2D eigenvalue weighted by molar-refractivity contribution is -0.142. The maximum absolute atomic E-state index is 11.1. The van der Waals surface area contributed by atoms with E-state index in [9.17, 15) is 4.79 Å². The summed E-state index contributed by atoms with van der Waals surface area (Å²) in [5.74, 6) is 0.374. The van der Waals surface area contributed by atoms with E-state index >= 15 is 0 Å². The first kappa shape index (κ1) is 14.8. The lowest BCUT2D eigenvalue weighted by Gasteiger charge is -2.22. The monoisotopic (exact) mass is 269 g/mol. The normalized spacial score (nSPS) is 29.7. The molecule has 2 rings (SSSR count). The molecule has 0 spiro atoms. The molecule has 0 aliphatic carbocycles. The topological polar surface area (TPSA) is 49.8 Å². The van der Waals surface area contributed by atoms with Crippen LogP contribution in [-0.4, -0.2) is 48.8 Å². The van der Waals surface area contributed by atoms with Gasteiger partial charge in [-0.2, -0.15) is 0 Å². The van der Waals surface area contributed by atoms with Crippen LogP contribution in [0.5, 0.6) is 0 Å². The molecular formula is C15H27NO3. The molecule has 110 valence electrons. The van der Waals surface area contributed by atoms with Crippen LogP contribution >= 0.6 is 0 Å². The molecule has 0 radical (unpaired) electrons. The number of rotatable bonds is 6. The molecule has 4 heteroatoms. The van der Waals surface area contributed by atoms with Gasteiger partial charge >= 0.3 is 5.97 Å². The molecule has 4 nitrogen and oxygen atoms in total. The Morgan fingerprint density at radius 1 is 1.26 bits per heavy atom. The van der Waals surface area contributed by atoms with Gasteiger partial charge in [-0.05, 0) is 37.6 Å². The van der Waals surface area contributed by atoms with E-state index < -0.39 is 5.97 Å². The van der Waals surface area contributed by atoms with E-state index in [1.54, 1.807) is 0 Å². The van der Waals surface area contributed by atoms with Crippen molar-refractivity contribution in [2.75, 3.05) is 32.8 Å². The Bertz CT molecular complexity index is 289. The molecule has 2 heterocycles. The number of ether oxygens (including phenoxy) is 1. The van der Waals surface area contributed by atoms with Crippen LogP contribution in [0.2, 0.25) is 0 Å². The van der Waals surface area contributed by atoms with Gasteiger partial charge in [0.15, 0.2) is 0 Å². The molecule has 1 N–H and O–H groups in total. The molecule has 2 saturated heterocycles. The van der Waals surface area contributed by atoms with Gasteiger partial charge in [0, 0.05) is 26.3 Å². The minimum atomic E-state index is -0.628. The smallest absolute Gasteiger partial charge is 0.308 e. The van der Waals surface area contributed by atoms with E-state index in [1.807, 2.05) is 0 Å². The quantitative estimate of drug-likeness (QED) is 0.751. The standard InChI is InChI=1S/C15H27NO3/c1-12-10-16(11-14(12)15(17)18)7-3-2-4-13-5-8-19-9-6-13/h12-14H,2-11H2,1H3,(H,17,18). The van der Waals surface area contributed by atoms with Gasteiger partial charge in [-0.3, -0.25) is 4.79 Å². The number of carboxylic acid groups (broad SMARTS) is 1. The van der Waals surface area contributed by atoms with Crippen molar-refractivity contribution in [2.24, 2.45) is 17.8 Å². The molecular weight excluding hydrogens is 242 g/mol. The fourth-order valence-corrected chi connectivity index (χ4v) is 3.37. The molecule has 0 aromatic heterocycles. The highest BCUT2D eigenvalue weighted by Gasteiger charge is 2.34. The van der Waals surface area contributed by atoms with E-state index in [1.165, 1.54) is 32.1 Å². The van der Waals surface area contributed by atoms with Crippen molar-refractivity contribution >= 4 is 5.97 Å². The number of hydrogen-bond donors (Lipinski definition) is 1. The molecule has 2 aliphatic heterocycles. The first-order valence-electron chi connectivity index (χ1n) is 7.69. The first-order valence-corrected chi connectivity index (χ1v) is 7.69. The summed E-state index contributed by atoms with van der Waals surface area (Å²) in [6.07, 6.45) is 6.24. The zero-order valence-corrected chi connectivity index (χ0v) is 12.0.